The standard InChI is InChI=1S/C62H105N2O7P/c1-7-10-13-16-19-22-25-28-29-30-31-32-33-34-35-37-40-43-46-49-52-55-62(66)71-60(53-50-47-44-41-38-27-24-21-18-15-12-9-3)59(58-70-72(67,68)69-57-56-64(4,5)6)63-61(65)54-51-48-45-42-39-36-26-23-20-17-14-11-8-2/h10-11,13-14,17,19-20,22-23,26,28-29,31-32,34-35,40,43,50,53,59-60H,7-9,12,15-16,18,21,24-25,27,30,33,36-39,41-42,44-49,51-52,54-58H2,1-6H3,(H-,63,65,67,68)/b13-10-,14-11+,20-17+,22-19-,26-23-,29-28-,32-31-,35-34-,43-40-,53-50-. The van der Waals surface area contributed by atoms with Gasteiger partial charge >= 0.3 is 5.97 Å². The molecule has 0 radical (unpaired) electrons. The van der Waals surface area contributed by atoms with Crippen LogP contribution in [0.4, 0.5) is 0 Å². The molecule has 0 saturated heterocycles. The zero-order chi connectivity index (χ0) is 52.9. The Labute approximate surface area is 442 Å². The summed E-state index contributed by atoms with van der Waals surface area (Å²) in [6.45, 7) is 6.51. The van der Waals surface area contributed by atoms with E-state index in [9.17, 15) is 19.0 Å². The number of carbonyl (C=O) groups excluding carboxylic acids is 2. The molecule has 0 aliphatic rings. The highest BCUT2D eigenvalue weighted by Crippen LogP contribution is 2.38. The van der Waals surface area contributed by atoms with Crippen LogP contribution >= 0.6 is 7.82 Å². The number of hydrogen-bond donors (Lipinski definition) is 1. The topological polar surface area (TPSA) is 114 Å². The van der Waals surface area contributed by atoms with Crippen molar-refractivity contribution in [3.05, 3.63) is 122 Å². The Morgan fingerprint density at radius 1 is 0.514 bits per heavy atom. The number of phosphoric acid groups is 1. The second-order valence-corrected chi connectivity index (χ2v) is 21.1. The molecule has 1 N–H and O–H groups in total. The summed E-state index contributed by atoms with van der Waals surface area (Å²) in [5.41, 5.74) is 0. The monoisotopic (exact) mass is 1020 g/mol. The largest absolute Gasteiger partial charge is 0.756 e. The summed E-state index contributed by atoms with van der Waals surface area (Å²) in [6, 6.07) is -0.924. The van der Waals surface area contributed by atoms with Crippen molar-refractivity contribution < 1.29 is 37.3 Å². The molecule has 0 rings (SSSR count). The van der Waals surface area contributed by atoms with Gasteiger partial charge in [-0.3, -0.25) is 14.2 Å². The number of allylic oxidation sites excluding steroid dienone is 19. The number of nitrogens with zero attached hydrogens (tertiary/aromatic N) is 1. The van der Waals surface area contributed by atoms with Crippen LogP contribution in [0.3, 0.4) is 0 Å². The Morgan fingerprint density at radius 2 is 0.958 bits per heavy atom. The molecule has 0 fully saturated rings. The van der Waals surface area contributed by atoms with Crippen LogP contribution in [-0.4, -0.2) is 69.4 Å². The van der Waals surface area contributed by atoms with Crippen molar-refractivity contribution in [1.82, 2.24) is 5.32 Å². The molecule has 0 aromatic carbocycles. The molecule has 0 aliphatic carbocycles. The number of unbranched alkanes of at least 4 members (excludes halogenated alkanes) is 17. The van der Waals surface area contributed by atoms with E-state index in [1.807, 2.05) is 33.3 Å². The van der Waals surface area contributed by atoms with Gasteiger partial charge in [0.25, 0.3) is 7.82 Å². The molecule has 1 amide bonds. The summed E-state index contributed by atoms with van der Waals surface area (Å²) in [5.74, 6) is -0.628. The Hall–Kier alpha value is -3.59. The van der Waals surface area contributed by atoms with Crippen LogP contribution in [-0.2, 0) is 27.9 Å². The van der Waals surface area contributed by atoms with Gasteiger partial charge in [-0.15, -0.1) is 0 Å². The number of nitrogens with one attached hydrogen (secondary N) is 1. The number of likely N-dealkylation sites (N-methyl/N-ethyl adjacent to an activating group) is 1. The summed E-state index contributed by atoms with van der Waals surface area (Å²) in [5, 5.41) is 2.99. The van der Waals surface area contributed by atoms with Crippen LogP contribution in [0.15, 0.2) is 122 Å². The maximum Gasteiger partial charge on any atom is 0.306 e. The maximum absolute atomic E-state index is 13.4. The van der Waals surface area contributed by atoms with E-state index in [1.54, 1.807) is 6.08 Å². The molecule has 72 heavy (non-hydrogen) atoms. The van der Waals surface area contributed by atoms with Crippen molar-refractivity contribution in [2.75, 3.05) is 40.9 Å². The van der Waals surface area contributed by atoms with Gasteiger partial charge in [-0.05, 0) is 102 Å². The Bertz CT molecular complexity index is 1650. The smallest absolute Gasteiger partial charge is 0.306 e. The number of quaternary nitrogens is 1. The molecule has 0 saturated carbocycles. The van der Waals surface area contributed by atoms with Gasteiger partial charge in [-0.1, -0.05) is 213 Å². The number of esters is 1. The molecule has 0 aromatic heterocycles. The molecule has 0 aliphatic heterocycles. The first-order chi connectivity index (χ1) is 34.9. The zero-order valence-corrected chi connectivity index (χ0v) is 47.5. The van der Waals surface area contributed by atoms with Gasteiger partial charge in [0.2, 0.25) is 5.91 Å². The fourth-order valence-electron chi connectivity index (χ4n) is 7.35. The molecular formula is C62H105N2O7P. The van der Waals surface area contributed by atoms with Gasteiger partial charge in [0.1, 0.15) is 19.3 Å². The van der Waals surface area contributed by atoms with Gasteiger partial charge in [-0.25, -0.2) is 0 Å². The first-order valence-electron chi connectivity index (χ1n) is 28.4. The van der Waals surface area contributed by atoms with Crippen molar-refractivity contribution in [3.8, 4) is 0 Å². The summed E-state index contributed by atoms with van der Waals surface area (Å²) in [4.78, 5) is 39.8. The van der Waals surface area contributed by atoms with Crippen LogP contribution in [0.1, 0.15) is 207 Å². The SMILES string of the molecule is CC/C=C\C/C=C\C/C=C\C/C=C\C/C=C\C/C=C\CCCCC(=O)OC(/C=C\CCCCCCCCCCCC)C(COP(=O)([O-])OCC[N+](C)(C)C)NC(=O)CCCCCCC\C=C/C=C/C=C/CC. The first-order valence-corrected chi connectivity index (χ1v) is 29.8. The van der Waals surface area contributed by atoms with Crippen LogP contribution in [0.25, 0.3) is 0 Å². The minimum atomic E-state index is -4.72. The highest BCUT2D eigenvalue weighted by Gasteiger charge is 2.27. The van der Waals surface area contributed by atoms with E-state index in [0.29, 0.717) is 23.9 Å². The molecule has 0 heterocycles. The lowest BCUT2D eigenvalue weighted by atomic mass is 10.0. The molecule has 410 valence electrons. The molecule has 0 aromatic rings. The Kier molecular flexibility index (Phi) is 48.4. The lowest BCUT2D eigenvalue weighted by Gasteiger charge is -2.30. The predicted octanol–water partition coefficient (Wildman–Crippen LogP) is 16.5. The number of rotatable bonds is 49. The first kappa shape index (κ1) is 68.4. The van der Waals surface area contributed by atoms with Gasteiger partial charge in [0.15, 0.2) is 0 Å². The second-order valence-electron chi connectivity index (χ2n) is 19.7. The van der Waals surface area contributed by atoms with E-state index >= 15 is 0 Å². The van der Waals surface area contributed by atoms with E-state index in [-0.39, 0.29) is 25.4 Å². The summed E-state index contributed by atoms with van der Waals surface area (Å²) >= 11 is 0. The zero-order valence-electron chi connectivity index (χ0n) is 46.6. The van der Waals surface area contributed by atoms with Crippen LogP contribution < -0.4 is 10.2 Å². The molecule has 10 heteroatoms. The predicted molar refractivity (Wildman–Crippen MR) is 307 cm³/mol. The van der Waals surface area contributed by atoms with E-state index in [2.05, 4.69) is 129 Å². The van der Waals surface area contributed by atoms with Gasteiger partial charge < -0.3 is 28.5 Å². The summed E-state index contributed by atoms with van der Waals surface area (Å²) < 4.78 is 30.1. The third kappa shape index (κ3) is 51.3. The molecule has 9 nitrogen and oxygen atoms in total. The van der Waals surface area contributed by atoms with Crippen LogP contribution in [0.2, 0.25) is 0 Å². The highest BCUT2D eigenvalue weighted by atomic mass is 31.2. The minimum Gasteiger partial charge on any atom is -0.756 e. The van der Waals surface area contributed by atoms with Crippen molar-refractivity contribution >= 4 is 19.7 Å². The maximum atomic E-state index is 13.4. The third-order valence-electron chi connectivity index (χ3n) is 11.7. The quantitative estimate of drug-likeness (QED) is 0.0161. The fraction of sp³-hybridized carbons (Fsp3) is 0.645. The van der Waals surface area contributed by atoms with Crippen molar-refractivity contribution in [1.29, 1.82) is 0 Å². The number of hydrogen-bond acceptors (Lipinski definition) is 7. The molecular weight excluding hydrogens is 916 g/mol. The molecule has 0 bridgehead atoms. The van der Waals surface area contributed by atoms with Crippen molar-refractivity contribution in [2.24, 2.45) is 0 Å². The normalized spacial score (nSPS) is 14.7. The van der Waals surface area contributed by atoms with E-state index in [1.165, 1.54) is 51.4 Å². The Balaban J connectivity index is 5.44. The van der Waals surface area contributed by atoms with Crippen molar-refractivity contribution in [2.45, 2.75) is 219 Å². The summed E-state index contributed by atoms with van der Waals surface area (Å²) in [6.07, 6.45) is 70.3. The number of phosphoric ester groups is 1. The third-order valence-corrected chi connectivity index (χ3v) is 12.7. The van der Waals surface area contributed by atoms with Gasteiger partial charge in [0.05, 0.1) is 33.8 Å². The number of carbonyl (C=O) groups is 2. The van der Waals surface area contributed by atoms with Crippen LogP contribution in [0.5, 0.6) is 0 Å². The average molecular weight is 1020 g/mol. The van der Waals surface area contributed by atoms with Crippen molar-refractivity contribution in [3.63, 3.8) is 0 Å². The number of amides is 1. The van der Waals surface area contributed by atoms with E-state index in [0.717, 1.165) is 109 Å². The number of ether oxygens (including phenoxy) is 1. The molecule has 3 atom stereocenters. The lowest BCUT2D eigenvalue weighted by Crippen LogP contribution is -2.47. The fourth-order valence-corrected chi connectivity index (χ4v) is 8.07. The Morgan fingerprint density at radius 3 is 1.50 bits per heavy atom. The van der Waals surface area contributed by atoms with Crippen LogP contribution in [0, 0.1) is 0 Å². The lowest BCUT2D eigenvalue weighted by molar-refractivity contribution is -0.870. The van der Waals surface area contributed by atoms with Gasteiger partial charge in [-0.2, -0.15) is 0 Å². The second kappa shape index (κ2) is 50.9. The van der Waals surface area contributed by atoms with Gasteiger partial charge in [0, 0.05) is 12.8 Å². The van der Waals surface area contributed by atoms with E-state index in [4.69, 9.17) is 13.8 Å². The highest BCUT2D eigenvalue weighted by molar-refractivity contribution is 7.45. The van der Waals surface area contributed by atoms with E-state index < -0.39 is 32.5 Å². The minimum absolute atomic E-state index is 0.0406. The molecule has 0 spiro atoms. The average Bonchev–Trinajstić information content (AvgIpc) is 3.34. The molecule has 3 unspecified atom stereocenters. The summed E-state index contributed by atoms with van der Waals surface area (Å²) in [7, 11) is 1.12.